The lowest BCUT2D eigenvalue weighted by Gasteiger charge is -2.11. The van der Waals surface area contributed by atoms with E-state index in [4.69, 9.17) is 4.74 Å². The zero-order valence-electron chi connectivity index (χ0n) is 8.41. The Labute approximate surface area is 83.3 Å². The molecule has 0 aliphatic rings. The van der Waals surface area contributed by atoms with Crippen LogP contribution in [0.25, 0.3) is 0 Å². The second kappa shape index (κ2) is 4.65. The van der Waals surface area contributed by atoms with E-state index in [1.54, 1.807) is 6.07 Å². The van der Waals surface area contributed by atoms with Gasteiger partial charge in [0.25, 0.3) is 0 Å². The average molecular weight is 194 g/mol. The van der Waals surface area contributed by atoms with Gasteiger partial charge in [-0.25, -0.2) is 0 Å². The van der Waals surface area contributed by atoms with Crippen LogP contribution < -0.4 is 4.74 Å². The normalized spacial score (nSPS) is 9.86. The van der Waals surface area contributed by atoms with Crippen molar-refractivity contribution in [3.63, 3.8) is 0 Å². The first-order valence-electron chi connectivity index (χ1n) is 4.55. The highest BCUT2D eigenvalue weighted by molar-refractivity contribution is 5.60. The highest BCUT2D eigenvalue weighted by Gasteiger charge is 2.10. The maximum absolute atomic E-state index is 10.4. The van der Waals surface area contributed by atoms with Crippen molar-refractivity contribution in [2.75, 3.05) is 7.11 Å². The number of rotatable bonds is 4. The van der Waals surface area contributed by atoms with Crippen LogP contribution >= 0.6 is 0 Å². The fourth-order valence-corrected chi connectivity index (χ4v) is 1.50. The number of carbonyl (C=O) groups is 1. The molecule has 0 radical (unpaired) electrons. The van der Waals surface area contributed by atoms with E-state index in [1.807, 2.05) is 13.0 Å². The molecule has 76 valence electrons. The number of methoxy groups -OCH3 is 1. The topological polar surface area (TPSA) is 46.5 Å². The van der Waals surface area contributed by atoms with Crippen LogP contribution in [0.15, 0.2) is 12.1 Å². The lowest BCUT2D eigenvalue weighted by atomic mass is 10.0. The number of benzene rings is 1. The summed E-state index contributed by atoms with van der Waals surface area (Å²) in [6.07, 6.45) is 1.85. The van der Waals surface area contributed by atoms with Crippen LogP contribution in [0, 0.1) is 0 Å². The van der Waals surface area contributed by atoms with Crippen molar-refractivity contribution < 1.29 is 14.6 Å². The number of aromatic hydroxyl groups is 1. The van der Waals surface area contributed by atoms with E-state index in [1.165, 1.54) is 7.11 Å². The van der Waals surface area contributed by atoms with Gasteiger partial charge in [0.15, 0.2) is 11.5 Å². The molecule has 0 fully saturated rings. The Hall–Kier alpha value is -1.51. The molecule has 0 amide bonds. The zero-order valence-corrected chi connectivity index (χ0v) is 8.41. The second-order valence-corrected chi connectivity index (χ2v) is 2.98. The van der Waals surface area contributed by atoms with Crippen molar-refractivity contribution in [1.82, 2.24) is 0 Å². The van der Waals surface area contributed by atoms with Crippen LogP contribution in [-0.2, 0) is 17.6 Å². The standard InChI is InChI=1S/C11H14O3/c1-3-9-8(6-7-12)4-5-10(14-2)11(9)13/h4-5,7,13H,3,6H2,1-2H3. The number of ether oxygens (including phenoxy) is 1. The molecule has 0 saturated carbocycles. The summed E-state index contributed by atoms with van der Waals surface area (Å²) >= 11 is 0. The van der Waals surface area contributed by atoms with E-state index in [9.17, 15) is 9.90 Å². The van der Waals surface area contributed by atoms with Gasteiger partial charge >= 0.3 is 0 Å². The average Bonchev–Trinajstić information content (AvgIpc) is 2.19. The molecule has 14 heavy (non-hydrogen) atoms. The fraction of sp³-hybridized carbons (Fsp3) is 0.364. The summed E-state index contributed by atoms with van der Waals surface area (Å²) in [5.41, 5.74) is 1.65. The molecular formula is C11H14O3. The lowest BCUT2D eigenvalue weighted by Crippen LogP contribution is -1.96. The molecule has 0 spiro atoms. The molecular weight excluding hydrogens is 180 g/mol. The van der Waals surface area contributed by atoms with Crippen molar-refractivity contribution >= 4 is 6.29 Å². The summed E-state index contributed by atoms with van der Waals surface area (Å²) < 4.78 is 4.98. The van der Waals surface area contributed by atoms with Crippen LogP contribution in [0.3, 0.4) is 0 Å². The number of aldehydes is 1. The van der Waals surface area contributed by atoms with Crippen LogP contribution in [-0.4, -0.2) is 18.5 Å². The number of phenols is 1. The largest absolute Gasteiger partial charge is 0.504 e. The molecule has 3 nitrogen and oxygen atoms in total. The molecule has 0 aliphatic carbocycles. The number of carbonyl (C=O) groups excluding carboxylic acids is 1. The molecule has 0 aromatic heterocycles. The van der Waals surface area contributed by atoms with Crippen LogP contribution in [0.1, 0.15) is 18.1 Å². The minimum atomic E-state index is 0.148. The molecule has 0 unspecified atom stereocenters. The highest BCUT2D eigenvalue weighted by Crippen LogP contribution is 2.32. The Bertz CT molecular complexity index is 332. The Morgan fingerprint density at radius 1 is 1.50 bits per heavy atom. The Kier molecular flexibility index (Phi) is 3.51. The molecule has 0 bridgehead atoms. The number of hydrogen-bond donors (Lipinski definition) is 1. The lowest BCUT2D eigenvalue weighted by molar-refractivity contribution is -0.107. The van der Waals surface area contributed by atoms with Crippen LogP contribution in [0.4, 0.5) is 0 Å². The molecule has 0 atom stereocenters. The van der Waals surface area contributed by atoms with Crippen LogP contribution in [0.5, 0.6) is 11.5 Å². The fourth-order valence-electron chi connectivity index (χ4n) is 1.50. The molecule has 1 N–H and O–H groups in total. The van der Waals surface area contributed by atoms with E-state index in [0.717, 1.165) is 17.4 Å². The molecule has 0 aliphatic heterocycles. The maximum Gasteiger partial charge on any atom is 0.161 e. The van der Waals surface area contributed by atoms with E-state index >= 15 is 0 Å². The first-order valence-corrected chi connectivity index (χ1v) is 4.55. The van der Waals surface area contributed by atoms with Crippen molar-refractivity contribution in [1.29, 1.82) is 0 Å². The van der Waals surface area contributed by atoms with Gasteiger partial charge in [0, 0.05) is 12.0 Å². The number of hydrogen-bond acceptors (Lipinski definition) is 3. The zero-order chi connectivity index (χ0) is 10.6. The summed E-state index contributed by atoms with van der Waals surface area (Å²) in [5, 5.41) is 9.76. The van der Waals surface area contributed by atoms with Gasteiger partial charge in [-0.1, -0.05) is 13.0 Å². The predicted molar refractivity (Wildman–Crippen MR) is 53.8 cm³/mol. The summed E-state index contributed by atoms with van der Waals surface area (Å²) in [6, 6.07) is 3.49. The first kappa shape index (κ1) is 10.6. The smallest absolute Gasteiger partial charge is 0.161 e. The van der Waals surface area contributed by atoms with E-state index in [0.29, 0.717) is 18.6 Å². The van der Waals surface area contributed by atoms with Gasteiger partial charge in [-0.05, 0) is 18.1 Å². The van der Waals surface area contributed by atoms with Crippen molar-refractivity contribution in [3.8, 4) is 11.5 Å². The Morgan fingerprint density at radius 3 is 2.71 bits per heavy atom. The molecule has 1 rings (SSSR count). The van der Waals surface area contributed by atoms with Crippen molar-refractivity contribution in [3.05, 3.63) is 23.3 Å². The second-order valence-electron chi connectivity index (χ2n) is 2.98. The van der Waals surface area contributed by atoms with E-state index < -0.39 is 0 Å². The third kappa shape index (κ3) is 1.87. The quantitative estimate of drug-likeness (QED) is 0.742. The van der Waals surface area contributed by atoms with Gasteiger partial charge in [-0.3, -0.25) is 0 Å². The van der Waals surface area contributed by atoms with E-state index in [-0.39, 0.29) is 5.75 Å². The molecule has 3 heteroatoms. The maximum atomic E-state index is 10.4. The summed E-state index contributed by atoms with van der Waals surface area (Å²) in [5.74, 6) is 0.603. The van der Waals surface area contributed by atoms with Gasteiger partial charge in [-0.2, -0.15) is 0 Å². The molecule has 0 saturated heterocycles. The van der Waals surface area contributed by atoms with Gasteiger partial charge in [0.1, 0.15) is 6.29 Å². The van der Waals surface area contributed by atoms with Gasteiger partial charge in [0.2, 0.25) is 0 Å². The summed E-state index contributed by atoms with van der Waals surface area (Å²) in [7, 11) is 1.51. The van der Waals surface area contributed by atoms with Crippen LogP contribution in [0.2, 0.25) is 0 Å². The van der Waals surface area contributed by atoms with Gasteiger partial charge < -0.3 is 14.6 Å². The first-order chi connectivity index (χ1) is 6.74. The SMILES string of the molecule is CCc1c(CC=O)ccc(OC)c1O. The Balaban J connectivity index is 3.20. The highest BCUT2D eigenvalue weighted by atomic mass is 16.5. The monoisotopic (exact) mass is 194 g/mol. The summed E-state index contributed by atoms with van der Waals surface area (Å²) in [4.78, 5) is 10.4. The third-order valence-corrected chi connectivity index (χ3v) is 2.22. The van der Waals surface area contributed by atoms with Gasteiger partial charge in [0.05, 0.1) is 7.11 Å². The van der Waals surface area contributed by atoms with E-state index in [2.05, 4.69) is 0 Å². The van der Waals surface area contributed by atoms with Crippen molar-refractivity contribution in [2.24, 2.45) is 0 Å². The van der Waals surface area contributed by atoms with Crippen molar-refractivity contribution in [2.45, 2.75) is 19.8 Å². The van der Waals surface area contributed by atoms with Gasteiger partial charge in [-0.15, -0.1) is 0 Å². The Morgan fingerprint density at radius 2 is 2.21 bits per heavy atom. The summed E-state index contributed by atoms with van der Waals surface area (Å²) in [6.45, 7) is 1.93. The molecule has 0 heterocycles. The predicted octanol–water partition coefficient (Wildman–Crippen LogP) is 1.70. The molecule has 1 aromatic carbocycles. The minimum Gasteiger partial charge on any atom is -0.504 e. The third-order valence-electron chi connectivity index (χ3n) is 2.22. The minimum absolute atomic E-state index is 0.148. The number of phenolic OH excluding ortho intramolecular Hbond substituents is 1. The molecule has 1 aromatic rings.